The molecule has 0 amide bonds. The number of benzene rings is 2. The van der Waals surface area contributed by atoms with E-state index < -0.39 is 0 Å². The third-order valence-corrected chi connectivity index (χ3v) is 4.94. The molecule has 1 aliphatic carbocycles. The predicted molar refractivity (Wildman–Crippen MR) is 95.3 cm³/mol. The fourth-order valence-corrected chi connectivity index (χ4v) is 3.50. The minimum atomic E-state index is -0.0636. The number of rotatable bonds is 2. The molecule has 4 rings (SSSR count). The lowest BCUT2D eigenvalue weighted by atomic mass is 9.99. The summed E-state index contributed by atoms with van der Waals surface area (Å²) in [6.45, 7) is 4.10. The number of carbonyl (C=O) groups excluding carboxylic acids is 1. The number of halogens is 1. The van der Waals surface area contributed by atoms with Crippen molar-refractivity contribution in [1.82, 2.24) is 4.98 Å². The molecule has 0 aliphatic heterocycles. The minimum absolute atomic E-state index is 0.0636. The molecule has 1 aromatic heterocycles. The second-order valence-electron chi connectivity index (χ2n) is 6.16. The molecule has 1 heterocycles. The second kappa shape index (κ2) is 5.10. The van der Waals surface area contributed by atoms with E-state index in [-0.39, 0.29) is 5.78 Å². The molecule has 0 fully saturated rings. The number of aryl methyl sites for hydroxylation is 1. The van der Waals surface area contributed by atoms with Gasteiger partial charge in [-0.05, 0) is 55.2 Å². The SMILES string of the molecule is CC1=CCc2ccc(C(=O)c3[nH]c4ccc(C)cc4c3Cl)cc21. The van der Waals surface area contributed by atoms with Gasteiger partial charge in [0, 0.05) is 16.5 Å². The number of aromatic amines is 1. The van der Waals surface area contributed by atoms with Crippen LogP contribution in [0, 0.1) is 6.92 Å². The smallest absolute Gasteiger partial charge is 0.210 e. The molecule has 1 aliphatic rings. The molecule has 114 valence electrons. The molecule has 2 nitrogen and oxygen atoms in total. The highest BCUT2D eigenvalue weighted by Crippen LogP contribution is 2.32. The van der Waals surface area contributed by atoms with E-state index in [2.05, 4.69) is 18.0 Å². The molecule has 0 saturated carbocycles. The van der Waals surface area contributed by atoms with E-state index in [0.29, 0.717) is 16.3 Å². The number of hydrogen-bond acceptors (Lipinski definition) is 1. The first-order chi connectivity index (χ1) is 11.0. The quantitative estimate of drug-likeness (QED) is 0.637. The minimum Gasteiger partial charge on any atom is -0.351 e. The summed E-state index contributed by atoms with van der Waals surface area (Å²) in [5.74, 6) is -0.0636. The fraction of sp³-hybridized carbons (Fsp3) is 0.150. The predicted octanol–water partition coefficient (Wildman–Crippen LogP) is 5.32. The molecule has 0 saturated heterocycles. The van der Waals surface area contributed by atoms with Crippen LogP contribution in [0.5, 0.6) is 0 Å². The molecule has 3 aromatic rings. The molecule has 0 bridgehead atoms. The average molecular weight is 322 g/mol. The van der Waals surface area contributed by atoms with Gasteiger partial charge in [0.2, 0.25) is 5.78 Å². The summed E-state index contributed by atoms with van der Waals surface area (Å²) in [5.41, 5.74) is 6.82. The maximum atomic E-state index is 12.9. The number of allylic oxidation sites excluding steroid dienone is 2. The van der Waals surface area contributed by atoms with Gasteiger partial charge in [-0.2, -0.15) is 0 Å². The first-order valence-electron chi connectivity index (χ1n) is 7.67. The van der Waals surface area contributed by atoms with Crippen molar-refractivity contribution in [3.63, 3.8) is 0 Å². The van der Waals surface area contributed by atoms with E-state index in [1.54, 1.807) is 0 Å². The highest BCUT2D eigenvalue weighted by molar-refractivity contribution is 6.39. The van der Waals surface area contributed by atoms with E-state index in [9.17, 15) is 4.79 Å². The van der Waals surface area contributed by atoms with Crippen molar-refractivity contribution in [2.45, 2.75) is 20.3 Å². The number of hydrogen-bond donors (Lipinski definition) is 1. The number of fused-ring (bicyclic) bond motifs is 2. The normalized spacial score (nSPS) is 13.3. The molecule has 23 heavy (non-hydrogen) atoms. The molecule has 0 atom stereocenters. The van der Waals surface area contributed by atoms with Crippen molar-refractivity contribution in [1.29, 1.82) is 0 Å². The highest BCUT2D eigenvalue weighted by Gasteiger charge is 2.20. The number of carbonyl (C=O) groups is 1. The number of ketones is 1. The molecular weight excluding hydrogens is 306 g/mol. The molecule has 3 heteroatoms. The molecule has 2 aromatic carbocycles. The van der Waals surface area contributed by atoms with Crippen LogP contribution in [0.2, 0.25) is 5.02 Å². The zero-order valence-corrected chi connectivity index (χ0v) is 13.8. The lowest BCUT2D eigenvalue weighted by Gasteiger charge is -2.05. The van der Waals surface area contributed by atoms with Crippen LogP contribution in [0.1, 0.15) is 39.7 Å². The number of aromatic nitrogens is 1. The van der Waals surface area contributed by atoms with Crippen molar-refractivity contribution >= 4 is 33.9 Å². The van der Waals surface area contributed by atoms with Crippen LogP contribution in [0.25, 0.3) is 16.5 Å². The van der Waals surface area contributed by atoms with Crippen LogP contribution in [-0.4, -0.2) is 10.8 Å². The zero-order chi connectivity index (χ0) is 16.1. The van der Waals surface area contributed by atoms with Gasteiger partial charge in [0.15, 0.2) is 0 Å². The van der Waals surface area contributed by atoms with Crippen LogP contribution in [-0.2, 0) is 6.42 Å². The standard InChI is InChI=1S/C20H16ClNO/c1-11-3-8-17-16(9-11)18(21)19(22-17)20(23)14-7-6-13-5-4-12(2)15(13)10-14/h3-4,6-10,22H,5H2,1-2H3. The van der Waals surface area contributed by atoms with Crippen molar-refractivity contribution in [2.75, 3.05) is 0 Å². The summed E-state index contributed by atoms with van der Waals surface area (Å²) in [6, 6.07) is 11.9. The first-order valence-corrected chi connectivity index (χ1v) is 8.05. The van der Waals surface area contributed by atoms with Crippen molar-refractivity contribution in [3.8, 4) is 0 Å². The Hall–Kier alpha value is -2.32. The average Bonchev–Trinajstić information content (AvgIpc) is 3.08. The van der Waals surface area contributed by atoms with Crippen molar-refractivity contribution in [3.05, 3.63) is 75.4 Å². The van der Waals surface area contributed by atoms with E-state index in [0.717, 1.165) is 22.9 Å². The van der Waals surface area contributed by atoms with Crippen LogP contribution in [0.15, 0.2) is 42.5 Å². The second-order valence-corrected chi connectivity index (χ2v) is 6.53. The van der Waals surface area contributed by atoms with Gasteiger partial charge in [-0.1, -0.05) is 41.4 Å². The van der Waals surface area contributed by atoms with Gasteiger partial charge < -0.3 is 4.98 Å². The van der Waals surface area contributed by atoms with Crippen LogP contribution in [0.3, 0.4) is 0 Å². The Bertz CT molecular complexity index is 994. The van der Waals surface area contributed by atoms with Crippen LogP contribution < -0.4 is 0 Å². The van der Waals surface area contributed by atoms with Gasteiger partial charge >= 0.3 is 0 Å². The summed E-state index contributed by atoms with van der Waals surface area (Å²) in [6.07, 6.45) is 3.14. The maximum absolute atomic E-state index is 12.9. The Kier molecular flexibility index (Phi) is 3.17. The monoisotopic (exact) mass is 321 g/mol. The Labute approximate surface area is 139 Å². The van der Waals surface area contributed by atoms with Crippen LogP contribution in [0.4, 0.5) is 0 Å². The lowest BCUT2D eigenvalue weighted by molar-refractivity contribution is 0.103. The van der Waals surface area contributed by atoms with Gasteiger partial charge in [0.05, 0.1) is 5.02 Å². The lowest BCUT2D eigenvalue weighted by Crippen LogP contribution is -2.03. The van der Waals surface area contributed by atoms with E-state index in [1.165, 1.54) is 16.7 Å². The van der Waals surface area contributed by atoms with Crippen molar-refractivity contribution < 1.29 is 4.79 Å². The summed E-state index contributed by atoms with van der Waals surface area (Å²) < 4.78 is 0. The number of H-pyrrole nitrogens is 1. The topological polar surface area (TPSA) is 32.9 Å². The zero-order valence-electron chi connectivity index (χ0n) is 13.0. The molecule has 0 radical (unpaired) electrons. The van der Waals surface area contributed by atoms with E-state index in [4.69, 9.17) is 11.6 Å². The Morgan fingerprint density at radius 2 is 1.96 bits per heavy atom. The molecular formula is C20H16ClNO. The van der Waals surface area contributed by atoms with Gasteiger partial charge in [-0.25, -0.2) is 0 Å². The van der Waals surface area contributed by atoms with E-state index in [1.807, 2.05) is 43.3 Å². The summed E-state index contributed by atoms with van der Waals surface area (Å²) in [4.78, 5) is 16.1. The van der Waals surface area contributed by atoms with Gasteiger partial charge in [0.1, 0.15) is 5.69 Å². The third kappa shape index (κ3) is 2.22. The van der Waals surface area contributed by atoms with Crippen LogP contribution >= 0.6 is 11.6 Å². The summed E-state index contributed by atoms with van der Waals surface area (Å²) >= 11 is 6.46. The first kappa shape index (κ1) is 14.3. The number of nitrogens with one attached hydrogen (secondary N) is 1. The fourth-order valence-electron chi connectivity index (χ4n) is 3.21. The van der Waals surface area contributed by atoms with Gasteiger partial charge in [-0.3, -0.25) is 4.79 Å². The molecule has 0 spiro atoms. The molecule has 0 unspecified atom stereocenters. The highest BCUT2D eigenvalue weighted by atomic mass is 35.5. The Morgan fingerprint density at radius 3 is 2.78 bits per heavy atom. The molecule has 1 N–H and O–H groups in total. The summed E-state index contributed by atoms with van der Waals surface area (Å²) in [7, 11) is 0. The Morgan fingerprint density at radius 1 is 1.13 bits per heavy atom. The largest absolute Gasteiger partial charge is 0.351 e. The summed E-state index contributed by atoms with van der Waals surface area (Å²) in [5, 5.41) is 1.40. The Balaban J connectivity index is 1.82. The van der Waals surface area contributed by atoms with E-state index >= 15 is 0 Å². The third-order valence-electron chi connectivity index (χ3n) is 4.54. The van der Waals surface area contributed by atoms with Crippen molar-refractivity contribution in [2.24, 2.45) is 0 Å². The van der Waals surface area contributed by atoms with Gasteiger partial charge in [-0.15, -0.1) is 0 Å². The maximum Gasteiger partial charge on any atom is 0.210 e. The van der Waals surface area contributed by atoms with Gasteiger partial charge in [0.25, 0.3) is 0 Å².